The van der Waals surface area contributed by atoms with Crippen molar-refractivity contribution in [3.63, 3.8) is 0 Å². The molecular formula is C22H36. The molecule has 0 amide bonds. The Morgan fingerprint density at radius 2 is 1.55 bits per heavy atom. The van der Waals surface area contributed by atoms with Crippen LogP contribution in [-0.4, -0.2) is 0 Å². The predicted octanol–water partition coefficient (Wildman–Crippen LogP) is 6.63. The van der Waals surface area contributed by atoms with Crippen molar-refractivity contribution < 1.29 is 0 Å². The molecule has 124 valence electrons. The third-order valence-corrected chi connectivity index (χ3v) is 7.51. The van der Waals surface area contributed by atoms with Gasteiger partial charge in [0.2, 0.25) is 0 Å². The molecule has 5 atom stereocenters. The van der Waals surface area contributed by atoms with Gasteiger partial charge in [0, 0.05) is 0 Å². The van der Waals surface area contributed by atoms with Crippen LogP contribution in [-0.2, 0) is 0 Å². The van der Waals surface area contributed by atoms with Crippen LogP contribution in [0.4, 0.5) is 0 Å². The molecule has 0 aromatic heterocycles. The van der Waals surface area contributed by atoms with Gasteiger partial charge in [-0.15, -0.1) is 0 Å². The van der Waals surface area contributed by atoms with E-state index in [2.05, 4.69) is 33.9 Å². The van der Waals surface area contributed by atoms with Gasteiger partial charge in [-0.2, -0.15) is 0 Å². The van der Waals surface area contributed by atoms with Gasteiger partial charge in [0.25, 0.3) is 0 Å². The summed E-state index contributed by atoms with van der Waals surface area (Å²) in [6.07, 6.45) is 11.3. The van der Waals surface area contributed by atoms with Crippen molar-refractivity contribution in [3.8, 4) is 0 Å². The lowest BCUT2D eigenvalue weighted by Crippen LogP contribution is -2.40. The van der Waals surface area contributed by atoms with Crippen LogP contribution in [0.2, 0.25) is 0 Å². The summed E-state index contributed by atoms with van der Waals surface area (Å²) in [4.78, 5) is 0. The minimum absolute atomic E-state index is 0.665. The third-order valence-electron chi connectivity index (χ3n) is 7.51. The van der Waals surface area contributed by atoms with Gasteiger partial charge in [-0.3, -0.25) is 0 Å². The van der Waals surface area contributed by atoms with Crippen LogP contribution in [0.5, 0.6) is 0 Å². The zero-order valence-corrected chi connectivity index (χ0v) is 15.1. The normalized spacial score (nSPS) is 46.4. The molecular weight excluding hydrogens is 264 g/mol. The summed E-state index contributed by atoms with van der Waals surface area (Å²) in [5.41, 5.74) is 3.17. The number of hydrogen-bond acceptors (Lipinski definition) is 0. The van der Waals surface area contributed by atoms with Gasteiger partial charge in [0.1, 0.15) is 0 Å². The van der Waals surface area contributed by atoms with E-state index in [4.69, 9.17) is 0 Å². The lowest BCUT2D eigenvalue weighted by atomic mass is 9.55. The summed E-state index contributed by atoms with van der Waals surface area (Å²) in [5, 5.41) is 0. The van der Waals surface area contributed by atoms with Gasteiger partial charge < -0.3 is 0 Å². The Balaban J connectivity index is 1.73. The second-order valence-corrected chi connectivity index (χ2v) is 8.95. The molecule has 3 rings (SSSR count). The molecule has 0 bridgehead atoms. The maximum atomic E-state index is 4.65. The van der Waals surface area contributed by atoms with Gasteiger partial charge >= 0.3 is 0 Å². The minimum Gasteiger partial charge on any atom is -0.0993 e. The fourth-order valence-corrected chi connectivity index (χ4v) is 5.90. The Bertz CT molecular complexity index is 423. The highest BCUT2D eigenvalue weighted by atomic mass is 14.5. The molecule has 0 aromatic carbocycles. The second kappa shape index (κ2) is 6.54. The Morgan fingerprint density at radius 3 is 2.23 bits per heavy atom. The molecule has 3 aliphatic rings. The number of rotatable bonds is 2. The van der Waals surface area contributed by atoms with E-state index in [1.165, 1.54) is 51.4 Å². The van der Waals surface area contributed by atoms with Crippen LogP contribution in [0, 0.1) is 41.4 Å². The quantitative estimate of drug-likeness (QED) is 0.502. The van der Waals surface area contributed by atoms with Crippen molar-refractivity contribution >= 4 is 0 Å². The highest BCUT2D eigenvalue weighted by molar-refractivity contribution is 5.27. The van der Waals surface area contributed by atoms with Gasteiger partial charge in [-0.1, -0.05) is 83.6 Å². The molecule has 3 fully saturated rings. The molecule has 0 heterocycles. The van der Waals surface area contributed by atoms with E-state index in [1.807, 2.05) is 0 Å². The summed E-state index contributed by atoms with van der Waals surface area (Å²) in [7, 11) is 0. The molecule has 22 heavy (non-hydrogen) atoms. The molecule has 0 N–H and O–H groups in total. The molecule has 0 aliphatic heterocycles. The molecule has 0 aromatic rings. The fourth-order valence-electron chi connectivity index (χ4n) is 5.90. The molecule has 5 unspecified atom stereocenters. The Kier molecular flexibility index (Phi) is 4.86. The van der Waals surface area contributed by atoms with Crippen molar-refractivity contribution in [3.05, 3.63) is 24.3 Å². The SMILES string of the molecule is C=C1C(C)C(CC2CCC(C)CC2)C(=C)C2C(C)CCCC12. The van der Waals surface area contributed by atoms with Crippen molar-refractivity contribution in [2.45, 2.75) is 72.1 Å². The van der Waals surface area contributed by atoms with Gasteiger partial charge in [0.05, 0.1) is 0 Å². The van der Waals surface area contributed by atoms with Crippen LogP contribution in [0.25, 0.3) is 0 Å². The number of hydrogen-bond donors (Lipinski definition) is 0. The first-order valence-electron chi connectivity index (χ1n) is 9.86. The maximum absolute atomic E-state index is 4.65. The molecule has 0 heteroatoms. The zero-order valence-electron chi connectivity index (χ0n) is 15.1. The average molecular weight is 301 g/mol. The molecule has 0 radical (unpaired) electrons. The van der Waals surface area contributed by atoms with Crippen molar-refractivity contribution in [1.82, 2.24) is 0 Å². The molecule has 0 saturated heterocycles. The first-order chi connectivity index (χ1) is 10.5. The molecule has 3 aliphatic carbocycles. The number of fused-ring (bicyclic) bond motifs is 1. The van der Waals surface area contributed by atoms with E-state index in [-0.39, 0.29) is 0 Å². The van der Waals surface area contributed by atoms with Gasteiger partial charge in [-0.25, -0.2) is 0 Å². The highest BCUT2D eigenvalue weighted by Crippen LogP contribution is 2.54. The van der Waals surface area contributed by atoms with Crippen LogP contribution in [0.15, 0.2) is 24.3 Å². The first kappa shape index (κ1) is 16.3. The predicted molar refractivity (Wildman–Crippen MR) is 96.7 cm³/mol. The van der Waals surface area contributed by atoms with E-state index >= 15 is 0 Å². The summed E-state index contributed by atoms with van der Waals surface area (Å²) >= 11 is 0. The smallest absolute Gasteiger partial charge is 0.0112 e. The molecule has 0 nitrogen and oxygen atoms in total. The number of allylic oxidation sites excluding steroid dienone is 2. The second-order valence-electron chi connectivity index (χ2n) is 8.95. The maximum Gasteiger partial charge on any atom is -0.0112 e. The van der Waals surface area contributed by atoms with Crippen LogP contribution in [0.1, 0.15) is 72.1 Å². The van der Waals surface area contributed by atoms with Crippen LogP contribution >= 0.6 is 0 Å². The van der Waals surface area contributed by atoms with E-state index in [0.717, 1.165) is 29.6 Å². The van der Waals surface area contributed by atoms with Crippen molar-refractivity contribution in [2.24, 2.45) is 41.4 Å². The lowest BCUT2D eigenvalue weighted by Gasteiger charge is -2.50. The Morgan fingerprint density at radius 1 is 0.864 bits per heavy atom. The standard InChI is InChI=1S/C22H36/c1-14-9-11-19(12-10-14)13-21-17(4)16(3)20-8-6-7-15(2)22(20)18(21)5/h14-15,17,19-22H,3,5-13H2,1-2,4H3. The van der Waals surface area contributed by atoms with E-state index in [9.17, 15) is 0 Å². The van der Waals surface area contributed by atoms with Gasteiger partial charge in [-0.05, 0) is 54.3 Å². The molecule has 0 spiro atoms. The summed E-state index contributed by atoms with van der Waals surface area (Å²) in [5.74, 6) is 5.60. The topological polar surface area (TPSA) is 0 Å². The zero-order chi connectivity index (χ0) is 15.9. The van der Waals surface area contributed by atoms with Gasteiger partial charge in [0.15, 0.2) is 0 Å². The Labute approximate surface area is 138 Å². The Hall–Kier alpha value is -0.520. The van der Waals surface area contributed by atoms with Crippen molar-refractivity contribution in [2.75, 3.05) is 0 Å². The van der Waals surface area contributed by atoms with Crippen molar-refractivity contribution in [1.29, 1.82) is 0 Å². The average Bonchev–Trinajstić information content (AvgIpc) is 2.51. The first-order valence-corrected chi connectivity index (χ1v) is 9.86. The summed E-state index contributed by atoms with van der Waals surface area (Å²) in [6, 6.07) is 0. The largest absolute Gasteiger partial charge is 0.0993 e. The van der Waals surface area contributed by atoms with Crippen LogP contribution < -0.4 is 0 Å². The van der Waals surface area contributed by atoms with E-state index in [1.54, 1.807) is 11.1 Å². The summed E-state index contributed by atoms with van der Waals surface area (Å²) < 4.78 is 0. The monoisotopic (exact) mass is 300 g/mol. The minimum atomic E-state index is 0.665. The summed E-state index contributed by atoms with van der Waals surface area (Å²) in [6.45, 7) is 16.5. The fraction of sp³-hybridized carbons (Fsp3) is 0.818. The highest BCUT2D eigenvalue weighted by Gasteiger charge is 2.44. The van der Waals surface area contributed by atoms with E-state index in [0.29, 0.717) is 11.8 Å². The lowest BCUT2D eigenvalue weighted by molar-refractivity contribution is 0.141. The third kappa shape index (κ3) is 2.95. The van der Waals surface area contributed by atoms with E-state index < -0.39 is 0 Å². The molecule has 3 saturated carbocycles. The van der Waals surface area contributed by atoms with Crippen LogP contribution in [0.3, 0.4) is 0 Å².